The second-order valence-corrected chi connectivity index (χ2v) is 6.99. The van der Waals surface area contributed by atoms with Crippen LogP contribution >= 0.6 is 0 Å². The zero-order valence-electron chi connectivity index (χ0n) is 13.3. The van der Waals surface area contributed by atoms with Gasteiger partial charge in [0.1, 0.15) is 5.82 Å². The van der Waals surface area contributed by atoms with E-state index in [-0.39, 0.29) is 23.9 Å². The molecule has 1 aliphatic heterocycles. The molecule has 0 aliphatic carbocycles. The monoisotopic (exact) mass is 294 g/mol. The van der Waals surface area contributed by atoms with Gasteiger partial charge >= 0.3 is 0 Å². The van der Waals surface area contributed by atoms with Crippen molar-refractivity contribution in [2.24, 2.45) is 5.92 Å². The minimum Gasteiger partial charge on any atom is -0.396 e. The first-order chi connectivity index (χ1) is 9.90. The van der Waals surface area contributed by atoms with E-state index in [0.717, 1.165) is 31.5 Å². The number of hydrogen-bond donors (Lipinski definition) is 2. The zero-order chi connectivity index (χ0) is 15.5. The molecule has 1 fully saturated rings. The van der Waals surface area contributed by atoms with Crippen molar-refractivity contribution in [3.63, 3.8) is 0 Å². The zero-order valence-corrected chi connectivity index (χ0v) is 13.3. The number of rotatable bonds is 4. The van der Waals surface area contributed by atoms with Crippen LogP contribution in [0, 0.1) is 11.7 Å². The van der Waals surface area contributed by atoms with Crippen LogP contribution < -0.4 is 10.2 Å². The third-order valence-electron chi connectivity index (χ3n) is 3.97. The summed E-state index contributed by atoms with van der Waals surface area (Å²) in [7, 11) is 0. The maximum absolute atomic E-state index is 14.4. The predicted octanol–water partition coefficient (Wildman–Crippen LogP) is 2.92. The van der Waals surface area contributed by atoms with Crippen LogP contribution in [0.1, 0.15) is 39.2 Å². The van der Waals surface area contributed by atoms with Crippen LogP contribution in [0.3, 0.4) is 0 Å². The quantitative estimate of drug-likeness (QED) is 0.896. The molecule has 2 N–H and O–H groups in total. The maximum atomic E-state index is 14.4. The lowest BCUT2D eigenvalue weighted by atomic mass is 9.97. The Morgan fingerprint density at radius 2 is 2.14 bits per heavy atom. The number of nitrogens with one attached hydrogen (secondary N) is 1. The van der Waals surface area contributed by atoms with Crippen LogP contribution in [0.15, 0.2) is 18.2 Å². The molecule has 1 aromatic rings. The summed E-state index contributed by atoms with van der Waals surface area (Å²) in [6, 6.07) is 5.28. The molecule has 4 heteroatoms. The van der Waals surface area contributed by atoms with Crippen molar-refractivity contribution in [1.29, 1.82) is 0 Å². The predicted molar refractivity (Wildman–Crippen MR) is 85.0 cm³/mol. The molecule has 1 heterocycles. The summed E-state index contributed by atoms with van der Waals surface area (Å²) >= 11 is 0. The Morgan fingerprint density at radius 3 is 2.81 bits per heavy atom. The summed E-state index contributed by atoms with van der Waals surface area (Å²) in [5.74, 6) is 0.0866. The third-order valence-corrected chi connectivity index (χ3v) is 3.97. The van der Waals surface area contributed by atoms with E-state index in [9.17, 15) is 9.50 Å². The molecule has 0 aromatic heterocycles. The summed E-state index contributed by atoms with van der Waals surface area (Å²) < 4.78 is 14.4. The van der Waals surface area contributed by atoms with Crippen molar-refractivity contribution in [2.75, 3.05) is 24.6 Å². The maximum Gasteiger partial charge on any atom is 0.146 e. The summed E-state index contributed by atoms with van der Waals surface area (Å²) in [6.45, 7) is 8.75. The molecular weight excluding hydrogens is 267 g/mol. The largest absolute Gasteiger partial charge is 0.396 e. The Morgan fingerprint density at radius 1 is 1.38 bits per heavy atom. The Balaban J connectivity index is 2.21. The smallest absolute Gasteiger partial charge is 0.146 e. The van der Waals surface area contributed by atoms with Gasteiger partial charge in [-0.05, 0) is 51.2 Å². The molecule has 1 aliphatic rings. The lowest BCUT2D eigenvalue weighted by Gasteiger charge is -2.35. The van der Waals surface area contributed by atoms with Crippen LogP contribution in [0.25, 0.3) is 0 Å². The Labute approximate surface area is 127 Å². The van der Waals surface area contributed by atoms with Gasteiger partial charge in [-0.15, -0.1) is 0 Å². The summed E-state index contributed by atoms with van der Waals surface area (Å²) in [5.41, 5.74) is 1.69. The van der Waals surface area contributed by atoms with E-state index in [2.05, 4.69) is 31.0 Å². The fraction of sp³-hybridized carbons (Fsp3) is 0.647. The lowest BCUT2D eigenvalue weighted by Crippen LogP contribution is -2.39. The van der Waals surface area contributed by atoms with E-state index in [1.165, 1.54) is 6.07 Å². The van der Waals surface area contributed by atoms with Crippen molar-refractivity contribution < 1.29 is 9.50 Å². The number of aliphatic hydroxyl groups excluding tert-OH is 1. The minimum absolute atomic E-state index is 0.000873. The molecule has 1 saturated heterocycles. The molecular formula is C17H27FN2O. The normalized spacial score (nSPS) is 19.9. The van der Waals surface area contributed by atoms with E-state index < -0.39 is 0 Å². The van der Waals surface area contributed by atoms with Gasteiger partial charge in [-0.25, -0.2) is 4.39 Å². The van der Waals surface area contributed by atoms with Gasteiger partial charge in [-0.3, -0.25) is 0 Å². The minimum atomic E-state index is -0.165. The highest BCUT2D eigenvalue weighted by Crippen LogP contribution is 2.29. The van der Waals surface area contributed by atoms with E-state index in [1.54, 1.807) is 6.07 Å². The lowest BCUT2D eigenvalue weighted by molar-refractivity contribution is 0.208. The number of nitrogens with zero attached hydrogens (tertiary/aromatic N) is 1. The van der Waals surface area contributed by atoms with E-state index in [0.29, 0.717) is 12.2 Å². The number of halogens is 1. The van der Waals surface area contributed by atoms with Crippen molar-refractivity contribution in [3.8, 4) is 0 Å². The number of benzene rings is 1. The van der Waals surface area contributed by atoms with Crippen molar-refractivity contribution in [3.05, 3.63) is 29.6 Å². The molecule has 0 amide bonds. The molecule has 0 spiro atoms. The first kappa shape index (κ1) is 16.2. The molecule has 1 unspecified atom stereocenters. The van der Waals surface area contributed by atoms with Gasteiger partial charge in [0.25, 0.3) is 0 Å². The van der Waals surface area contributed by atoms with Crippen molar-refractivity contribution >= 4 is 5.69 Å². The standard InChI is InChI=1S/C17H27FN2O/c1-17(2,3)19-10-14-7-4-8-15(18)16(14)20-9-5-6-13(11-20)12-21/h4,7-8,13,19,21H,5-6,9-12H2,1-3H3. The molecule has 1 atom stereocenters. The highest BCUT2D eigenvalue weighted by atomic mass is 19.1. The van der Waals surface area contributed by atoms with Gasteiger partial charge in [0, 0.05) is 31.8 Å². The fourth-order valence-corrected chi connectivity index (χ4v) is 2.83. The van der Waals surface area contributed by atoms with Gasteiger partial charge in [0.05, 0.1) is 5.69 Å². The number of hydrogen-bond acceptors (Lipinski definition) is 3. The highest BCUT2D eigenvalue weighted by Gasteiger charge is 2.24. The van der Waals surface area contributed by atoms with Crippen LogP contribution in [-0.2, 0) is 6.54 Å². The van der Waals surface area contributed by atoms with Crippen molar-refractivity contribution in [1.82, 2.24) is 5.32 Å². The number of piperidine rings is 1. The second kappa shape index (κ2) is 6.75. The molecule has 0 radical (unpaired) electrons. The molecule has 118 valence electrons. The fourth-order valence-electron chi connectivity index (χ4n) is 2.83. The number of anilines is 1. The highest BCUT2D eigenvalue weighted by molar-refractivity contribution is 5.55. The van der Waals surface area contributed by atoms with Crippen molar-refractivity contribution in [2.45, 2.75) is 45.7 Å². The van der Waals surface area contributed by atoms with Crippen LogP contribution in [0.4, 0.5) is 10.1 Å². The molecule has 21 heavy (non-hydrogen) atoms. The van der Waals surface area contributed by atoms with E-state index in [1.807, 2.05) is 6.07 Å². The molecule has 3 nitrogen and oxygen atoms in total. The van der Waals surface area contributed by atoms with Gasteiger partial charge in [0.2, 0.25) is 0 Å². The average Bonchev–Trinajstić information content (AvgIpc) is 2.44. The number of aliphatic hydroxyl groups is 1. The number of para-hydroxylation sites is 1. The van der Waals surface area contributed by atoms with E-state index in [4.69, 9.17) is 0 Å². The van der Waals surface area contributed by atoms with Gasteiger partial charge in [-0.1, -0.05) is 12.1 Å². The molecule has 0 bridgehead atoms. The summed E-state index contributed by atoms with van der Waals surface area (Å²) in [6.07, 6.45) is 2.03. The summed E-state index contributed by atoms with van der Waals surface area (Å²) in [5, 5.41) is 12.8. The van der Waals surface area contributed by atoms with Crippen LogP contribution in [0.5, 0.6) is 0 Å². The second-order valence-electron chi connectivity index (χ2n) is 6.99. The van der Waals surface area contributed by atoms with Crippen LogP contribution in [0.2, 0.25) is 0 Å². The molecule has 0 saturated carbocycles. The van der Waals surface area contributed by atoms with Gasteiger partial charge in [-0.2, -0.15) is 0 Å². The first-order valence-corrected chi connectivity index (χ1v) is 7.79. The Bertz CT molecular complexity index is 470. The van der Waals surface area contributed by atoms with Crippen LogP contribution in [-0.4, -0.2) is 30.3 Å². The third kappa shape index (κ3) is 4.42. The summed E-state index contributed by atoms with van der Waals surface area (Å²) in [4.78, 5) is 2.10. The first-order valence-electron chi connectivity index (χ1n) is 7.79. The average molecular weight is 294 g/mol. The van der Waals surface area contributed by atoms with Gasteiger partial charge in [0.15, 0.2) is 0 Å². The molecule has 1 aromatic carbocycles. The topological polar surface area (TPSA) is 35.5 Å². The van der Waals surface area contributed by atoms with Gasteiger partial charge < -0.3 is 15.3 Å². The molecule has 2 rings (SSSR count). The SMILES string of the molecule is CC(C)(C)NCc1cccc(F)c1N1CCCC(CO)C1. The Hall–Kier alpha value is -1.13. The Kier molecular flexibility index (Phi) is 5.22. The van der Waals surface area contributed by atoms with E-state index >= 15 is 0 Å².